The van der Waals surface area contributed by atoms with Crippen LogP contribution in [-0.4, -0.2) is 5.91 Å². The summed E-state index contributed by atoms with van der Waals surface area (Å²) in [4.78, 5) is 11.1. The summed E-state index contributed by atoms with van der Waals surface area (Å²) in [5.74, 6) is 4.69. The first-order valence-electron chi connectivity index (χ1n) is 3.72. The van der Waals surface area contributed by atoms with Gasteiger partial charge in [-0.3, -0.25) is 4.79 Å². The zero-order chi connectivity index (χ0) is 9.68. The molecule has 0 heterocycles. The summed E-state index contributed by atoms with van der Waals surface area (Å²) in [7, 11) is 0. The summed E-state index contributed by atoms with van der Waals surface area (Å²) in [6.45, 7) is 1.63. The van der Waals surface area contributed by atoms with Crippen LogP contribution in [0.1, 0.15) is 6.92 Å². The Morgan fingerprint density at radius 2 is 2.15 bits per heavy atom. The Morgan fingerprint density at radius 1 is 1.46 bits per heavy atom. The molecule has 0 aliphatic heterocycles. The van der Waals surface area contributed by atoms with Crippen molar-refractivity contribution in [1.82, 2.24) is 0 Å². The first kappa shape index (κ1) is 10.1. The van der Waals surface area contributed by atoms with Crippen LogP contribution in [-0.2, 0) is 4.79 Å². The summed E-state index contributed by atoms with van der Waals surface area (Å²) >= 11 is 2.16. The number of para-hydroxylation sites is 1. The molecule has 0 saturated carbocycles. The van der Waals surface area contributed by atoms with Crippen LogP contribution in [0, 0.1) is 15.4 Å². The zero-order valence-corrected chi connectivity index (χ0v) is 9.25. The van der Waals surface area contributed by atoms with Gasteiger partial charge < -0.3 is 5.32 Å². The maximum atomic E-state index is 11.1. The van der Waals surface area contributed by atoms with E-state index in [4.69, 9.17) is 0 Å². The Balaban J connectivity index is 2.78. The predicted octanol–water partition coefficient (Wildman–Crippen LogP) is 2.25. The molecule has 0 unspecified atom stereocenters. The second-order valence-corrected chi connectivity index (χ2v) is 3.47. The molecular weight excluding hydrogens is 277 g/mol. The fourth-order valence-corrected chi connectivity index (χ4v) is 1.35. The zero-order valence-electron chi connectivity index (χ0n) is 7.10. The van der Waals surface area contributed by atoms with Gasteiger partial charge in [0.2, 0.25) is 0 Å². The van der Waals surface area contributed by atoms with Crippen molar-refractivity contribution in [2.45, 2.75) is 6.92 Å². The molecular formula is C10H8INO. The Hall–Kier alpha value is -1.02. The molecule has 1 N–H and O–H groups in total. The third-order valence-corrected chi connectivity index (χ3v) is 2.30. The molecule has 1 aromatic rings. The molecule has 0 aliphatic carbocycles. The highest BCUT2D eigenvalue weighted by atomic mass is 127. The van der Waals surface area contributed by atoms with Gasteiger partial charge in [-0.2, -0.15) is 0 Å². The van der Waals surface area contributed by atoms with Gasteiger partial charge in [0, 0.05) is 3.57 Å². The first-order valence-corrected chi connectivity index (χ1v) is 4.80. The average molecular weight is 285 g/mol. The summed E-state index contributed by atoms with van der Waals surface area (Å²) in [6, 6.07) is 7.56. The fraction of sp³-hybridized carbons (Fsp3) is 0.100. The molecule has 1 rings (SSSR count). The van der Waals surface area contributed by atoms with Gasteiger partial charge in [-0.1, -0.05) is 18.1 Å². The molecule has 0 spiro atoms. The molecule has 0 aromatic heterocycles. The van der Waals surface area contributed by atoms with Gasteiger partial charge in [0.15, 0.2) is 0 Å². The van der Waals surface area contributed by atoms with Crippen molar-refractivity contribution >= 4 is 34.2 Å². The maximum Gasteiger partial charge on any atom is 0.300 e. The van der Waals surface area contributed by atoms with Crippen molar-refractivity contribution < 1.29 is 4.79 Å². The number of carbonyl (C=O) groups excluding carboxylic acids is 1. The van der Waals surface area contributed by atoms with E-state index in [1.807, 2.05) is 24.3 Å². The molecule has 3 heteroatoms. The number of rotatable bonds is 1. The fourth-order valence-electron chi connectivity index (χ4n) is 0.830. The Morgan fingerprint density at radius 3 is 2.77 bits per heavy atom. The van der Waals surface area contributed by atoms with Crippen molar-refractivity contribution in [2.24, 2.45) is 0 Å². The van der Waals surface area contributed by atoms with Gasteiger partial charge in [0.1, 0.15) is 0 Å². The Bertz CT molecular complexity index is 376. The van der Waals surface area contributed by atoms with Crippen molar-refractivity contribution in [2.75, 3.05) is 5.32 Å². The normalized spacial score (nSPS) is 8.46. The van der Waals surface area contributed by atoms with Crippen molar-refractivity contribution in [3.05, 3.63) is 27.8 Å². The largest absolute Gasteiger partial charge is 0.314 e. The standard InChI is InChI=1S/C10H8INO/c1-2-5-10(13)12-9-7-4-3-6-8(9)11/h3-4,6-7H,1H3,(H,12,13). The van der Waals surface area contributed by atoms with E-state index >= 15 is 0 Å². The lowest BCUT2D eigenvalue weighted by atomic mass is 10.3. The van der Waals surface area contributed by atoms with Gasteiger partial charge >= 0.3 is 0 Å². The molecule has 0 aliphatic rings. The molecule has 0 radical (unpaired) electrons. The van der Waals surface area contributed by atoms with Crippen molar-refractivity contribution in [1.29, 1.82) is 0 Å². The van der Waals surface area contributed by atoms with E-state index < -0.39 is 0 Å². The number of benzene rings is 1. The molecule has 13 heavy (non-hydrogen) atoms. The highest BCUT2D eigenvalue weighted by Gasteiger charge is 2.00. The minimum Gasteiger partial charge on any atom is -0.314 e. The van der Waals surface area contributed by atoms with Crippen LogP contribution in [0.4, 0.5) is 5.69 Å². The van der Waals surface area contributed by atoms with Crippen LogP contribution >= 0.6 is 22.6 Å². The number of amides is 1. The second kappa shape index (κ2) is 4.87. The molecule has 1 aromatic carbocycles. The number of halogens is 1. The van der Waals surface area contributed by atoms with Crippen LogP contribution in [0.2, 0.25) is 0 Å². The predicted molar refractivity (Wildman–Crippen MR) is 61.2 cm³/mol. The summed E-state index contributed by atoms with van der Waals surface area (Å²) in [6.07, 6.45) is 0. The van der Waals surface area contributed by atoms with E-state index in [-0.39, 0.29) is 5.91 Å². The van der Waals surface area contributed by atoms with Crippen molar-refractivity contribution in [3.8, 4) is 11.8 Å². The van der Waals surface area contributed by atoms with E-state index in [0.717, 1.165) is 9.26 Å². The van der Waals surface area contributed by atoms with E-state index in [0.29, 0.717) is 0 Å². The van der Waals surface area contributed by atoms with Gasteiger partial charge in [-0.05, 0) is 47.6 Å². The number of anilines is 1. The summed E-state index contributed by atoms with van der Waals surface area (Å²) in [5.41, 5.74) is 0.802. The van der Waals surface area contributed by atoms with E-state index in [1.165, 1.54) is 0 Å². The molecule has 1 amide bonds. The highest BCUT2D eigenvalue weighted by Crippen LogP contribution is 2.16. The lowest BCUT2D eigenvalue weighted by Gasteiger charge is -2.02. The second-order valence-electron chi connectivity index (χ2n) is 2.31. The highest BCUT2D eigenvalue weighted by molar-refractivity contribution is 14.1. The lowest BCUT2D eigenvalue weighted by Crippen LogP contribution is -2.09. The van der Waals surface area contributed by atoms with Crippen LogP contribution in [0.25, 0.3) is 0 Å². The topological polar surface area (TPSA) is 29.1 Å². The smallest absolute Gasteiger partial charge is 0.300 e. The van der Waals surface area contributed by atoms with Crippen molar-refractivity contribution in [3.63, 3.8) is 0 Å². The molecule has 0 fully saturated rings. The van der Waals surface area contributed by atoms with Gasteiger partial charge in [-0.15, -0.1) is 0 Å². The number of hydrogen-bond acceptors (Lipinski definition) is 1. The van der Waals surface area contributed by atoms with Gasteiger partial charge in [0.25, 0.3) is 5.91 Å². The monoisotopic (exact) mass is 285 g/mol. The van der Waals surface area contributed by atoms with Crippen LogP contribution < -0.4 is 5.32 Å². The average Bonchev–Trinajstić information content (AvgIpc) is 2.09. The molecule has 2 nitrogen and oxygen atoms in total. The van der Waals surface area contributed by atoms with Gasteiger partial charge in [-0.25, -0.2) is 0 Å². The maximum absolute atomic E-state index is 11.1. The Kier molecular flexibility index (Phi) is 3.77. The van der Waals surface area contributed by atoms with E-state index in [2.05, 4.69) is 39.7 Å². The Labute approximate surface area is 90.9 Å². The molecule has 0 atom stereocenters. The first-order chi connectivity index (χ1) is 6.24. The molecule has 0 saturated heterocycles. The molecule has 0 bridgehead atoms. The molecule has 66 valence electrons. The SMILES string of the molecule is CC#CC(=O)Nc1ccccc1I. The van der Waals surface area contributed by atoms with E-state index in [1.54, 1.807) is 6.92 Å². The third-order valence-electron chi connectivity index (χ3n) is 1.36. The minimum atomic E-state index is -0.272. The third kappa shape index (κ3) is 3.07. The number of nitrogens with one attached hydrogen (secondary N) is 1. The van der Waals surface area contributed by atoms with E-state index in [9.17, 15) is 4.79 Å². The summed E-state index contributed by atoms with van der Waals surface area (Å²) in [5, 5.41) is 2.69. The summed E-state index contributed by atoms with van der Waals surface area (Å²) < 4.78 is 1.01. The van der Waals surface area contributed by atoms with Crippen LogP contribution in [0.3, 0.4) is 0 Å². The van der Waals surface area contributed by atoms with Gasteiger partial charge in [0.05, 0.1) is 5.69 Å². The minimum absolute atomic E-state index is 0.272. The quantitative estimate of drug-likeness (QED) is 0.622. The lowest BCUT2D eigenvalue weighted by molar-refractivity contribution is -0.111. The van der Waals surface area contributed by atoms with Crippen LogP contribution in [0.5, 0.6) is 0 Å². The number of hydrogen-bond donors (Lipinski definition) is 1. The van der Waals surface area contributed by atoms with Crippen LogP contribution in [0.15, 0.2) is 24.3 Å². The number of carbonyl (C=O) groups is 1.